The molecule has 2 aliphatic rings. The fourth-order valence-electron chi connectivity index (χ4n) is 3.34. The van der Waals surface area contributed by atoms with Crippen molar-refractivity contribution in [2.75, 3.05) is 45.6 Å². The Morgan fingerprint density at radius 1 is 1.19 bits per heavy atom. The largest absolute Gasteiger partial charge is 0.469 e. The quantitative estimate of drug-likeness (QED) is 0.329. The van der Waals surface area contributed by atoms with Crippen molar-refractivity contribution >= 4 is 28.8 Å². The Morgan fingerprint density at radius 3 is 2.71 bits per heavy atom. The average Bonchev–Trinajstić information content (AvgIpc) is 2.73. The van der Waals surface area contributed by atoms with Gasteiger partial charge in [-0.25, -0.2) is 0 Å². The van der Waals surface area contributed by atoms with Gasteiger partial charge in [-0.05, 0) is 25.9 Å². The molecule has 178 valence electrons. The minimum absolute atomic E-state index is 0.00867. The second-order valence-corrected chi connectivity index (χ2v) is 9.65. The Morgan fingerprint density at radius 2 is 1.97 bits per heavy atom. The maximum Gasteiger partial charge on any atom is 0.329 e. The number of ether oxygens (including phenoxy) is 4. The topological polar surface area (TPSA) is 112 Å². The normalized spacial score (nSPS) is 25.3. The monoisotopic (exact) mass is 460 g/mol. The van der Waals surface area contributed by atoms with Gasteiger partial charge in [0.15, 0.2) is 5.12 Å². The maximum atomic E-state index is 11.7. The van der Waals surface area contributed by atoms with Gasteiger partial charge in [0.05, 0.1) is 26.2 Å². The van der Waals surface area contributed by atoms with E-state index in [0.29, 0.717) is 38.2 Å². The van der Waals surface area contributed by atoms with Gasteiger partial charge < -0.3 is 29.6 Å². The standard InChI is InChI=1S/C21H36N2O7S/c1-20(2)15-28-21(9-4-6-18(25)30-21)29-16(20)14-23-11-5-10-22-12-13-31-19(26)8-7-17(24)27-3/h16,22-23H,4-15H2,1-3H3/t16-,21?/m0/s1. The summed E-state index contributed by atoms with van der Waals surface area (Å²) in [5.74, 6) is -1.17. The van der Waals surface area contributed by atoms with Crippen molar-refractivity contribution in [2.24, 2.45) is 5.41 Å². The van der Waals surface area contributed by atoms with Gasteiger partial charge in [0, 0.05) is 43.5 Å². The minimum Gasteiger partial charge on any atom is -0.469 e. The molecule has 0 bridgehead atoms. The molecule has 2 saturated heterocycles. The van der Waals surface area contributed by atoms with Crippen LogP contribution in [0.2, 0.25) is 0 Å². The zero-order chi connectivity index (χ0) is 22.7. The third-order valence-electron chi connectivity index (χ3n) is 5.33. The van der Waals surface area contributed by atoms with Gasteiger partial charge in [-0.1, -0.05) is 25.6 Å². The second-order valence-electron chi connectivity index (χ2n) is 8.50. The lowest BCUT2D eigenvalue weighted by atomic mass is 9.86. The first-order valence-corrected chi connectivity index (χ1v) is 11.9. The molecule has 0 saturated carbocycles. The minimum atomic E-state index is -1.22. The van der Waals surface area contributed by atoms with Gasteiger partial charge in [-0.2, -0.15) is 0 Å². The van der Waals surface area contributed by atoms with Gasteiger partial charge >= 0.3 is 17.9 Å². The summed E-state index contributed by atoms with van der Waals surface area (Å²) in [4.78, 5) is 34.3. The number of esters is 2. The molecule has 2 heterocycles. The summed E-state index contributed by atoms with van der Waals surface area (Å²) in [5, 5.41) is 6.74. The van der Waals surface area contributed by atoms with Crippen molar-refractivity contribution in [1.82, 2.24) is 10.6 Å². The number of thioether (sulfide) groups is 1. The lowest BCUT2D eigenvalue weighted by molar-refractivity contribution is -0.427. The lowest BCUT2D eigenvalue weighted by Gasteiger charge is -2.48. The smallest absolute Gasteiger partial charge is 0.329 e. The number of rotatable bonds is 12. The van der Waals surface area contributed by atoms with Crippen LogP contribution in [0.15, 0.2) is 0 Å². The third kappa shape index (κ3) is 9.05. The Labute approximate surface area is 188 Å². The van der Waals surface area contributed by atoms with Gasteiger partial charge in [0.25, 0.3) is 0 Å². The zero-order valence-corrected chi connectivity index (χ0v) is 19.6. The number of nitrogens with one attached hydrogen (secondary N) is 2. The molecule has 2 rings (SSSR count). The van der Waals surface area contributed by atoms with E-state index in [1.165, 1.54) is 18.9 Å². The van der Waals surface area contributed by atoms with E-state index in [1.807, 2.05) is 0 Å². The molecular weight excluding hydrogens is 424 g/mol. The van der Waals surface area contributed by atoms with E-state index < -0.39 is 5.97 Å². The molecule has 2 fully saturated rings. The molecule has 2 aliphatic heterocycles. The van der Waals surface area contributed by atoms with Crippen LogP contribution in [0.4, 0.5) is 0 Å². The summed E-state index contributed by atoms with van der Waals surface area (Å²) in [6.45, 7) is 7.69. The van der Waals surface area contributed by atoms with Crippen molar-refractivity contribution in [2.45, 2.75) is 64.4 Å². The number of hydrogen-bond acceptors (Lipinski definition) is 10. The fraction of sp³-hybridized carbons (Fsp3) is 0.857. The molecule has 10 heteroatoms. The van der Waals surface area contributed by atoms with E-state index in [0.717, 1.165) is 26.1 Å². The molecule has 31 heavy (non-hydrogen) atoms. The molecule has 9 nitrogen and oxygen atoms in total. The lowest BCUT2D eigenvalue weighted by Crippen LogP contribution is -2.58. The number of hydrogen-bond donors (Lipinski definition) is 2. The van der Waals surface area contributed by atoms with Crippen LogP contribution in [0.25, 0.3) is 0 Å². The number of carbonyl (C=O) groups is 3. The Hall–Kier alpha value is -1.20. The summed E-state index contributed by atoms with van der Waals surface area (Å²) in [6.07, 6.45) is 2.86. The summed E-state index contributed by atoms with van der Waals surface area (Å²) in [6, 6.07) is 0. The Kier molecular flexibility index (Phi) is 10.7. The first-order valence-electron chi connectivity index (χ1n) is 10.9. The molecule has 0 aromatic carbocycles. The highest BCUT2D eigenvalue weighted by Gasteiger charge is 2.50. The second kappa shape index (κ2) is 12.7. The molecule has 2 N–H and O–H groups in total. The highest BCUT2D eigenvalue weighted by Crippen LogP contribution is 2.40. The van der Waals surface area contributed by atoms with Crippen LogP contribution in [0, 0.1) is 5.41 Å². The molecular formula is C21H36N2O7S. The van der Waals surface area contributed by atoms with E-state index >= 15 is 0 Å². The number of carbonyl (C=O) groups excluding carboxylic acids is 3. The van der Waals surface area contributed by atoms with Crippen molar-refractivity contribution in [3.63, 3.8) is 0 Å². The van der Waals surface area contributed by atoms with Crippen LogP contribution in [-0.4, -0.2) is 74.8 Å². The SMILES string of the molecule is COC(=O)CCC(=O)SCCNCCCNC[C@@H]1OC2(CCCC(=O)O2)OCC1(C)C. The first kappa shape index (κ1) is 26.1. The molecule has 1 unspecified atom stereocenters. The number of methoxy groups -OCH3 is 1. The molecule has 2 atom stereocenters. The van der Waals surface area contributed by atoms with Gasteiger partial charge in [0.2, 0.25) is 0 Å². The highest BCUT2D eigenvalue weighted by atomic mass is 32.2. The predicted octanol–water partition coefficient (Wildman–Crippen LogP) is 1.59. The Balaban J connectivity index is 1.54. The molecule has 0 radical (unpaired) electrons. The summed E-state index contributed by atoms with van der Waals surface area (Å²) >= 11 is 1.24. The van der Waals surface area contributed by atoms with E-state index in [-0.39, 0.29) is 41.4 Å². The van der Waals surface area contributed by atoms with Crippen LogP contribution in [0.5, 0.6) is 0 Å². The van der Waals surface area contributed by atoms with Crippen LogP contribution in [0.1, 0.15) is 52.4 Å². The molecule has 1 spiro atoms. The molecule has 0 amide bonds. The van der Waals surface area contributed by atoms with E-state index in [9.17, 15) is 14.4 Å². The summed E-state index contributed by atoms with van der Waals surface area (Å²) < 4.78 is 21.8. The van der Waals surface area contributed by atoms with Gasteiger partial charge in [-0.15, -0.1) is 0 Å². The third-order valence-corrected chi connectivity index (χ3v) is 6.26. The average molecular weight is 461 g/mol. The van der Waals surface area contributed by atoms with E-state index in [2.05, 4.69) is 29.2 Å². The van der Waals surface area contributed by atoms with Crippen LogP contribution >= 0.6 is 11.8 Å². The van der Waals surface area contributed by atoms with Crippen molar-refractivity contribution in [3.05, 3.63) is 0 Å². The van der Waals surface area contributed by atoms with Crippen molar-refractivity contribution in [3.8, 4) is 0 Å². The van der Waals surface area contributed by atoms with E-state index in [4.69, 9.17) is 14.2 Å². The highest BCUT2D eigenvalue weighted by molar-refractivity contribution is 8.13. The predicted molar refractivity (Wildman–Crippen MR) is 116 cm³/mol. The van der Waals surface area contributed by atoms with Gasteiger partial charge in [0.1, 0.15) is 0 Å². The first-order chi connectivity index (χ1) is 14.8. The zero-order valence-electron chi connectivity index (χ0n) is 18.8. The van der Waals surface area contributed by atoms with Crippen LogP contribution in [0.3, 0.4) is 0 Å². The molecule has 0 aliphatic carbocycles. The Bertz CT molecular complexity index is 617. The fourth-order valence-corrected chi connectivity index (χ4v) is 4.06. The summed E-state index contributed by atoms with van der Waals surface area (Å²) in [5.41, 5.74) is -0.183. The maximum absolute atomic E-state index is 11.7. The van der Waals surface area contributed by atoms with Crippen LogP contribution in [-0.2, 0) is 33.3 Å². The van der Waals surface area contributed by atoms with Crippen LogP contribution < -0.4 is 10.6 Å². The van der Waals surface area contributed by atoms with Crippen molar-refractivity contribution in [1.29, 1.82) is 0 Å². The van der Waals surface area contributed by atoms with Gasteiger partial charge in [-0.3, -0.25) is 14.4 Å². The summed E-state index contributed by atoms with van der Waals surface area (Å²) in [7, 11) is 1.32. The van der Waals surface area contributed by atoms with Crippen molar-refractivity contribution < 1.29 is 33.3 Å². The molecule has 0 aromatic heterocycles. The molecule has 0 aromatic rings. The van der Waals surface area contributed by atoms with E-state index in [1.54, 1.807) is 0 Å².